The molecule has 1 atom stereocenters. The minimum absolute atomic E-state index is 0.295. The number of benzene rings is 1. The van der Waals surface area contributed by atoms with Gasteiger partial charge in [0.2, 0.25) is 5.91 Å². The second-order valence-electron chi connectivity index (χ2n) is 6.17. The molecular weight excluding hydrogens is 396 g/mol. The lowest BCUT2D eigenvalue weighted by atomic mass is 10.1. The molecule has 134 valence electrons. The summed E-state index contributed by atoms with van der Waals surface area (Å²) in [4.78, 5) is 17.0. The second-order valence-corrected chi connectivity index (χ2v) is 8.77. The number of carbonyl (C=O) groups excluding carboxylic acids is 1. The number of anilines is 1. The number of rotatable bonds is 4. The van der Waals surface area contributed by atoms with E-state index in [1.54, 1.807) is 13.0 Å². The van der Waals surface area contributed by atoms with Crippen molar-refractivity contribution in [2.24, 2.45) is 5.41 Å². The fourth-order valence-electron chi connectivity index (χ4n) is 2.39. The summed E-state index contributed by atoms with van der Waals surface area (Å²) >= 11 is 13.1. The van der Waals surface area contributed by atoms with Gasteiger partial charge in [0, 0.05) is 17.5 Å². The Morgan fingerprint density at radius 3 is 2.68 bits per heavy atom. The van der Waals surface area contributed by atoms with E-state index in [0.717, 1.165) is 17.0 Å². The number of nitrogens with zero attached hydrogens (tertiary/aromatic N) is 1. The van der Waals surface area contributed by atoms with Gasteiger partial charge in [-0.1, -0.05) is 18.2 Å². The summed E-state index contributed by atoms with van der Waals surface area (Å²) in [5, 5.41) is 3.03. The van der Waals surface area contributed by atoms with Crippen molar-refractivity contribution in [3.63, 3.8) is 0 Å². The minimum Gasteiger partial charge on any atom is -0.301 e. The van der Waals surface area contributed by atoms with Crippen LogP contribution in [0.15, 0.2) is 30.5 Å². The summed E-state index contributed by atoms with van der Waals surface area (Å²) in [5.74, 6) is -0.322. The minimum atomic E-state index is -4.38. The lowest BCUT2D eigenvalue weighted by Gasteiger charge is -2.10. The summed E-state index contributed by atoms with van der Waals surface area (Å²) in [6, 6.07) is 5.13. The summed E-state index contributed by atoms with van der Waals surface area (Å²) in [6.45, 7) is 1.67. The molecule has 3 nitrogen and oxygen atoms in total. The van der Waals surface area contributed by atoms with Crippen LogP contribution in [-0.4, -0.2) is 15.2 Å². The first-order chi connectivity index (χ1) is 11.5. The Bertz CT molecular complexity index is 822. The van der Waals surface area contributed by atoms with Crippen LogP contribution >= 0.6 is 34.5 Å². The average Bonchev–Trinajstić information content (AvgIpc) is 2.81. The lowest BCUT2D eigenvalue weighted by Crippen LogP contribution is -2.25. The highest BCUT2D eigenvalue weighted by Gasteiger charge is 2.68. The zero-order valence-electron chi connectivity index (χ0n) is 13.0. The molecule has 25 heavy (non-hydrogen) atoms. The molecule has 1 fully saturated rings. The molecule has 1 aromatic heterocycles. The second kappa shape index (κ2) is 6.14. The van der Waals surface area contributed by atoms with Crippen LogP contribution < -0.4 is 5.32 Å². The largest absolute Gasteiger partial charge is 0.416 e. The van der Waals surface area contributed by atoms with Crippen LogP contribution in [0.4, 0.5) is 18.3 Å². The number of carbonyl (C=O) groups is 1. The molecule has 2 aromatic rings. The third-order valence-electron chi connectivity index (χ3n) is 4.17. The van der Waals surface area contributed by atoms with Gasteiger partial charge in [-0.3, -0.25) is 4.79 Å². The first-order valence-electron chi connectivity index (χ1n) is 7.31. The maximum Gasteiger partial charge on any atom is 0.416 e. The third-order valence-corrected chi connectivity index (χ3v) is 6.18. The molecule has 1 amide bonds. The quantitative estimate of drug-likeness (QED) is 0.699. The molecule has 1 unspecified atom stereocenters. The predicted molar refractivity (Wildman–Crippen MR) is 92.2 cm³/mol. The van der Waals surface area contributed by atoms with Crippen LogP contribution in [-0.2, 0) is 17.4 Å². The lowest BCUT2D eigenvalue weighted by molar-refractivity contribution is -0.137. The van der Waals surface area contributed by atoms with E-state index in [4.69, 9.17) is 23.2 Å². The molecule has 1 aliphatic rings. The van der Waals surface area contributed by atoms with E-state index in [1.807, 2.05) is 0 Å². The van der Waals surface area contributed by atoms with Crippen LogP contribution in [0.25, 0.3) is 0 Å². The van der Waals surface area contributed by atoms with Crippen molar-refractivity contribution in [3.8, 4) is 0 Å². The number of halogens is 5. The van der Waals surface area contributed by atoms with Crippen molar-refractivity contribution in [1.29, 1.82) is 0 Å². The Morgan fingerprint density at radius 1 is 1.40 bits per heavy atom. The van der Waals surface area contributed by atoms with Crippen LogP contribution in [0, 0.1) is 5.41 Å². The van der Waals surface area contributed by atoms with Crippen molar-refractivity contribution in [1.82, 2.24) is 4.98 Å². The van der Waals surface area contributed by atoms with E-state index >= 15 is 0 Å². The van der Waals surface area contributed by atoms with Crippen molar-refractivity contribution < 1.29 is 18.0 Å². The average molecular weight is 409 g/mol. The van der Waals surface area contributed by atoms with E-state index in [-0.39, 0.29) is 5.91 Å². The van der Waals surface area contributed by atoms with Gasteiger partial charge in [0.05, 0.1) is 11.0 Å². The number of hydrogen-bond donors (Lipinski definition) is 1. The van der Waals surface area contributed by atoms with Gasteiger partial charge in [-0.25, -0.2) is 4.98 Å². The van der Waals surface area contributed by atoms with Crippen molar-refractivity contribution in [2.75, 3.05) is 5.32 Å². The van der Waals surface area contributed by atoms with Gasteiger partial charge in [0.25, 0.3) is 0 Å². The van der Waals surface area contributed by atoms with Gasteiger partial charge in [-0.05, 0) is 25.0 Å². The van der Waals surface area contributed by atoms with Gasteiger partial charge >= 0.3 is 6.18 Å². The summed E-state index contributed by atoms with van der Waals surface area (Å²) in [6.07, 6.45) is -2.19. The molecular formula is C16H13Cl2F3N2OS. The normalized spacial score (nSPS) is 21.8. The fraction of sp³-hybridized carbons (Fsp3) is 0.375. The van der Waals surface area contributed by atoms with E-state index in [2.05, 4.69) is 10.3 Å². The number of nitrogens with one attached hydrogen (secondary N) is 1. The first kappa shape index (κ1) is 18.5. The van der Waals surface area contributed by atoms with E-state index < -0.39 is 21.5 Å². The number of hydrogen-bond acceptors (Lipinski definition) is 3. The van der Waals surface area contributed by atoms with E-state index in [9.17, 15) is 18.0 Å². The zero-order chi connectivity index (χ0) is 18.5. The van der Waals surface area contributed by atoms with Gasteiger partial charge in [-0.15, -0.1) is 34.5 Å². The standard InChI is InChI=1S/C16H13Cl2F3N2OS/c1-14(8-15(14,17)18)12(24)23-13-22-7-11(25-13)6-9-3-2-4-10(5-9)16(19,20)21/h2-5,7H,6,8H2,1H3,(H,22,23,24). The highest BCUT2D eigenvalue weighted by Crippen LogP contribution is 2.64. The fourth-order valence-corrected chi connectivity index (χ4v) is 3.94. The molecule has 1 aromatic carbocycles. The van der Waals surface area contributed by atoms with Crippen molar-refractivity contribution in [3.05, 3.63) is 46.5 Å². The molecule has 0 radical (unpaired) electrons. The van der Waals surface area contributed by atoms with Gasteiger partial charge in [0.15, 0.2) is 5.13 Å². The summed E-state index contributed by atoms with van der Waals surface area (Å²) in [7, 11) is 0. The maximum absolute atomic E-state index is 12.8. The van der Waals surface area contributed by atoms with Gasteiger partial charge in [-0.2, -0.15) is 13.2 Å². The Morgan fingerprint density at radius 2 is 2.08 bits per heavy atom. The topological polar surface area (TPSA) is 42.0 Å². The van der Waals surface area contributed by atoms with E-state index in [0.29, 0.717) is 23.5 Å². The van der Waals surface area contributed by atoms with Crippen LogP contribution in [0.3, 0.4) is 0 Å². The maximum atomic E-state index is 12.8. The monoisotopic (exact) mass is 408 g/mol. The Labute approximate surface area is 156 Å². The first-order valence-corrected chi connectivity index (χ1v) is 8.89. The van der Waals surface area contributed by atoms with E-state index in [1.165, 1.54) is 23.6 Å². The molecule has 1 aliphatic carbocycles. The molecule has 0 bridgehead atoms. The Hall–Kier alpha value is -1.31. The van der Waals surface area contributed by atoms with Crippen LogP contribution in [0.2, 0.25) is 0 Å². The highest BCUT2D eigenvalue weighted by atomic mass is 35.5. The summed E-state index contributed by atoms with van der Waals surface area (Å²) in [5.41, 5.74) is -1.03. The number of thiazole rings is 1. The molecule has 1 heterocycles. The molecule has 0 spiro atoms. The number of amides is 1. The molecule has 1 saturated carbocycles. The Kier molecular flexibility index (Phi) is 4.54. The van der Waals surface area contributed by atoms with Crippen molar-refractivity contribution >= 4 is 45.6 Å². The molecule has 3 rings (SSSR count). The van der Waals surface area contributed by atoms with Gasteiger partial charge < -0.3 is 5.32 Å². The number of aromatic nitrogens is 1. The SMILES string of the molecule is CC1(C(=O)Nc2ncc(Cc3cccc(C(F)(F)F)c3)s2)CC1(Cl)Cl. The molecule has 0 saturated heterocycles. The van der Waals surface area contributed by atoms with Crippen LogP contribution in [0.5, 0.6) is 0 Å². The predicted octanol–water partition coefficient (Wildman–Crippen LogP) is 5.28. The molecule has 0 aliphatic heterocycles. The Balaban J connectivity index is 1.68. The highest BCUT2D eigenvalue weighted by molar-refractivity contribution is 7.15. The number of alkyl halides is 5. The molecule has 1 N–H and O–H groups in total. The summed E-state index contributed by atoms with van der Waals surface area (Å²) < 4.78 is 37.2. The zero-order valence-corrected chi connectivity index (χ0v) is 15.3. The molecule has 9 heteroatoms. The van der Waals surface area contributed by atoms with Crippen LogP contribution in [0.1, 0.15) is 29.3 Å². The van der Waals surface area contributed by atoms with Gasteiger partial charge in [0.1, 0.15) is 4.33 Å². The third kappa shape index (κ3) is 3.78. The van der Waals surface area contributed by atoms with Crippen molar-refractivity contribution in [2.45, 2.75) is 30.3 Å². The smallest absolute Gasteiger partial charge is 0.301 e.